The summed E-state index contributed by atoms with van der Waals surface area (Å²) in [5.41, 5.74) is 0. The fourth-order valence-electron chi connectivity index (χ4n) is 0.882. The van der Waals surface area contributed by atoms with E-state index in [0.717, 1.165) is 0 Å². The first-order chi connectivity index (χ1) is 9.38. The van der Waals surface area contributed by atoms with Gasteiger partial charge in [0.25, 0.3) is 0 Å². The third kappa shape index (κ3) is 51.7. The van der Waals surface area contributed by atoms with Crippen LogP contribution in [0.2, 0.25) is 0 Å². The number of hydrogen-bond donors (Lipinski definition) is 3. The summed E-state index contributed by atoms with van der Waals surface area (Å²) < 4.78 is 0. The standard InChI is InChI=1S/3C5H8O2.Ru/c3*1-4(6)3-5(2)7;/h3*3,6H,1-2H3;/b3*4-3+;. The van der Waals surface area contributed by atoms with Crippen LogP contribution in [0.5, 0.6) is 0 Å². The van der Waals surface area contributed by atoms with Crippen molar-refractivity contribution in [2.75, 3.05) is 0 Å². The molecule has 0 heterocycles. The van der Waals surface area contributed by atoms with Crippen molar-refractivity contribution in [3.05, 3.63) is 35.5 Å². The molecule has 6 nitrogen and oxygen atoms in total. The summed E-state index contributed by atoms with van der Waals surface area (Å²) in [4.78, 5) is 30.1. The van der Waals surface area contributed by atoms with Crippen molar-refractivity contribution >= 4 is 17.3 Å². The van der Waals surface area contributed by atoms with Gasteiger partial charge in [-0.15, -0.1) is 0 Å². The first-order valence-electron chi connectivity index (χ1n) is 6.02. The van der Waals surface area contributed by atoms with Gasteiger partial charge in [-0.05, 0) is 41.5 Å². The van der Waals surface area contributed by atoms with E-state index in [9.17, 15) is 14.4 Å². The van der Waals surface area contributed by atoms with Crippen molar-refractivity contribution in [1.82, 2.24) is 0 Å². The van der Waals surface area contributed by atoms with Gasteiger partial charge in [-0.2, -0.15) is 0 Å². The number of carbonyl (C=O) groups is 3. The van der Waals surface area contributed by atoms with E-state index in [-0.39, 0.29) is 54.1 Å². The SMILES string of the molecule is CC(=O)/C=C(\C)O.CC(=O)/C=C(\C)O.CC(=O)/C=C(\C)O.[Ru]. The van der Waals surface area contributed by atoms with Gasteiger partial charge < -0.3 is 15.3 Å². The number of aliphatic hydroxyl groups excluding tert-OH is 3. The fourth-order valence-corrected chi connectivity index (χ4v) is 0.882. The molecule has 0 aliphatic carbocycles. The molecular formula is C15H24O6Ru. The maximum absolute atomic E-state index is 10.0. The molecule has 7 heteroatoms. The van der Waals surface area contributed by atoms with E-state index in [4.69, 9.17) is 15.3 Å². The van der Waals surface area contributed by atoms with Crippen molar-refractivity contribution in [2.24, 2.45) is 0 Å². The van der Waals surface area contributed by atoms with Crippen molar-refractivity contribution in [2.45, 2.75) is 41.5 Å². The molecule has 0 rings (SSSR count). The predicted octanol–water partition coefficient (Wildman–Crippen LogP) is 3.11. The summed E-state index contributed by atoms with van der Waals surface area (Å²) in [7, 11) is 0. The summed E-state index contributed by atoms with van der Waals surface area (Å²) in [5.74, 6) is -0.187. The third-order valence-electron chi connectivity index (χ3n) is 1.24. The molecule has 0 unspecified atom stereocenters. The van der Waals surface area contributed by atoms with Crippen LogP contribution in [0.15, 0.2) is 35.5 Å². The smallest absolute Gasteiger partial charge is 0.155 e. The van der Waals surface area contributed by atoms with Crippen LogP contribution in [0.25, 0.3) is 0 Å². The van der Waals surface area contributed by atoms with Crippen LogP contribution >= 0.6 is 0 Å². The molecule has 0 aliphatic rings. The first kappa shape index (κ1) is 28.4. The second-order valence-electron chi connectivity index (χ2n) is 4.19. The minimum Gasteiger partial charge on any atom is -0.512 e. The Kier molecular flexibility index (Phi) is 22.4. The summed E-state index contributed by atoms with van der Waals surface area (Å²) in [5, 5.41) is 25.1. The van der Waals surface area contributed by atoms with Crippen molar-refractivity contribution in [1.29, 1.82) is 0 Å². The molecular weight excluding hydrogens is 377 g/mol. The van der Waals surface area contributed by atoms with Crippen LogP contribution in [-0.4, -0.2) is 32.7 Å². The average Bonchev–Trinajstić information content (AvgIpc) is 2.10. The third-order valence-corrected chi connectivity index (χ3v) is 1.24. The monoisotopic (exact) mass is 402 g/mol. The Morgan fingerprint density at radius 2 is 0.682 bits per heavy atom. The second kappa shape index (κ2) is 17.3. The van der Waals surface area contributed by atoms with E-state index in [2.05, 4.69) is 0 Å². The molecule has 0 spiro atoms. The van der Waals surface area contributed by atoms with Crippen LogP contribution in [0.3, 0.4) is 0 Å². The van der Waals surface area contributed by atoms with Gasteiger partial charge in [0.05, 0.1) is 17.3 Å². The van der Waals surface area contributed by atoms with E-state index in [1.807, 2.05) is 0 Å². The Labute approximate surface area is 144 Å². The van der Waals surface area contributed by atoms with Gasteiger partial charge in [0.15, 0.2) is 17.3 Å². The minimum absolute atomic E-state index is 0. The minimum atomic E-state index is -0.125. The molecule has 3 N–H and O–H groups in total. The maximum atomic E-state index is 10.0. The Morgan fingerprint density at radius 1 is 0.545 bits per heavy atom. The van der Waals surface area contributed by atoms with E-state index in [1.54, 1.807) is 0 Å². The largest absolute Gasteiger partial charge is 0.512 e. The molecule has 0 aromatic rings. The molecule has 0 aliphatic heterocycles. The number of ketones is 3. The van der Waals surface area contributed by atoms with Gasteiger partial charge in [0.2, 0.25) is 0 Å². The molecule has 0 radical (unpaired) electrons. The van der Waals surface area contributed by atoms with Gasteiger partial charge in [-0.3, -0.25) is 14.4 Å². The number of aliphatic hydroxyl groups is 3. The first-order valence-corrected chi connectivity index (χ1v) is 6.02. The molecule has 0 saturated heterocycles. The Hall–Kier alpha value is -1.75. The summed E-state index contributed by atoms with van der Waals surface area (Å²) in [6, 6.07) is 0. The van der Waals surface area contributed by atoms with Crippen molar-refractivity contribution in [3.63, 3.8) is 0 Å². The summed E-state index contributed by atoms with van der Waals surface area (Å²) in [6.07, 6.45) is 3.50. The normalized spacial score (nSPS) is 10.9. The number of carbonyl (C=O) groups excluding carboxylic acids is 3. The topological polar surface area (TPSA) is 112 Å². The zero-order valence-electron chi connectivity index (χ0n) is 13.7. The van der Waals surface area contributed by atoms with Crippen LogP contribution in [0.4, 0.5) is 0 Å². The maximum Gasteiger partial charge on any atom is 0.155 e. The average molecular weight is 401 g/mol. The number of rotatable bonds is 3. The van der Waals surface area contributed by atoms with Crippen LogP contribution in [-0.2, 0) is 33.9 Å². The Balaban J connectivity index is -0.000000108. The Morgan fingerprint density at radius 3 is 0.682 bits per heavy atom. The van der Waals surface area contributed by atoms with Crippen LogP contribution in [0.1, 0.15) is 41.5 Å². The number of hydrogen-bond acceptors (Lipinski definition) is 6. The molecule has 0 saturated carbocycles. The zero-order chi connectivity index (χ0) is 17.6. The molecule has 0 amide bonds. The van der Waals surface area contributed by atoms with E-state index in [1.165, 1.54) is 59.8 Å². The summed E-state index contributed by atoms with van der Waals surface area (Å²) >= 11 is 0. The van der Waals surface area contributed by atoms with Crippen LogP contribution in [0, 0.1) is 0 Å². The van der Waals surface area contributed by atoms with Gasteiger partial charge in [0.1, 0.15) is 0 Å². The molecule has 0 atom stereocenters. The molecule has 0 aromatic carbocycles. The predicted molar refractivity (Wildman–Crippen MR) is 81.2 cm³/mol. The van der Waals surface area contributed by atoms with Crippen molar-refractivity contribution < 1.29 is 49.2 Å². The molecule has 0 aromatic heterocycles. The molecule has 22 heavy (non-hydrogen) atoms. The van der Waals surface area contributed by atoms with Crippen LogP contribution < -0.4 is 0 Å². The van der Waals surface area contributed by atoms with E-state index in [0.29, 0.717) is 0 Å². The van der Waals surface area contributed by atoms with Gasteiger partial charge >= 0.3 is 0 Å². The molecule has 0 fully saturated rings. The fraction of sp³-hybridized carbons (Fsp3) is 0.400. The molecule has 128 valence electrons. The van der Waals surface area contributed by atoms with E-state index >= 15 is 0 Å². The summed E-state index contributed by atoms with van der Waals surface area (Å²) in [6.45, 7) is 8.54. The zero-order valence-corrected chi connectivity index (χ0v) is 15.4. The Bertz CT molecular complexity index is 368. The number of allylic oxidation sites excluding steroid dienone is 6. The quantitative estimate of drug-likeness (QED) is 0.381. The molecule has 0 bridgehead atoms. The van der Waals surface area contributed by atoms with Gasteiger partial charge in [0, 0.05) is 37.7 Å². The van der Waals surface area contributed by atoms with Gasteiger partial charge in [-0.1, -0.05) is 0 Å². The second-order valence-corrected chi connectivity index (χ2v) is 4.19. The van der Waals surface area contributed by atoms with Crippen molar-refractivity contribution in [3.8, 4) is 0 Å². The van der Waals surface area contributed by atoms with Gasteiger partial charge in [-0.25, -0.2) is 0 Å². The van der Waals surface area contributed by atoms with E-state index < -0.39 is 0 Å².